The molecular weight excluding hydrogens is 294 g/mol. The molecule has 1 aliphatic heterocycles. The number of sulfonamides is 1. The van der Waals surface area contributed by atoms with Crippen molar-refractivity contribution in [3.63, 3.8) is 0 Å². The van der Waals surface area contributed by atoms with E-state index >= 15 is 0 Å². The monoisotopic (exact) mass is 315 g/mol. The Morgan fingerprint density at radius 1 is 1.57 bits per heavy atom. The summed E-state index contributed by atoms with van der Waals surface area (Å²) < 4.78 is 28.1. The number of nitrogens with one attached hydrogen (secondary N) is 1. The highest BCUT2D eigenvalue weighted by Gasteiger charge is 2.45. The van der Waals surface area contributed by atoms with Crippen LogP contribution in [0.15, 0.2) is 11.1 Å². The predicted octanol–water partition coefficient (Wildman–Crippen LogP) is -0.368. The van der Waals surface area contributed by atoms with Crippen molar-refractivity contribution in [1.29, 1.82) is 0 Å². The van der Waals surface area contributed by atoms with Gasteiger partial charge in [-0.2, -0.15) is 9.40 Å². The van der Waals surface area contributed by atoms with Gasteiger partial charge in [0.25, 0.3) is 0 Å². The Balaban J connectivity index is 2.29. The highest BCUT2D eigenvalue weighted by atomic mass is 32.2. The third-order valence-corrected chi connectivity index (χ3v) is 5.77. The van der Waals surface area contributed by atoms with Gasteiger partial charge >= 0.3 is 0 Å². The normalized spacial score (nSPS) is 23.4. The van der Waals surface area contributed by atoms with E-state index in [1.807, 2.05) is 6.92 Å². The molecule has 0 radical (unpaired) electrons. The first kappa shape index (κ1) is 15.8. The minimum atomic E-state index is -3.73. The third kappa shape index (κ3) is 2.62. The molecule has 2 rings (SSSR count). The van der Waals surface area contributed by atoms with E-state index in [0.29, 0.717) is 19.5 Å². The molecule has 21 heavy (non-hydrogen) atoms. The standard InChI is InChI=1S/C12H21N5O3S/c1-4-16-7-9(10(13)15-16)21(19,20)17-6-5-12(2,8-17)11(18)14-3/h7H,4-6,8H2,1-3H3,(H2,13,15)(H,14,18). The van der Waals surface area contributed by atoms with Crippen LogP contribution in [-0.4, -0.2) is 48.5 Å². The zero-order chi connectivity index (χ0) is 15.8. The van der Waals surface area contributed by atoms with Crippen LogP contribution in [0, 0.1) is 5.41 Å². The fourth-order valence-corrected chi connectivity index (χ4v) is 4.15. The number of amides is 1. The third-order valence-electron chi connectivity index (χ3n) is 3.91. The maximum absolute atomic E-state index is 12.6. The van der Waals surface area contributed by atoms with Crippen LogP contribution in [0.2, 0.25) is 0 Å². The van der Waals surface area contributed by atoms with Gasteiger partial charge in [-0.05, 0) is 20.3 Å². The molecule has 0 aliphatic carbocycles. The maximum Gasteiger partial charge on any atom is 0.248 e. The Hall–Kier alpha value is -1.61. The molecule has 1 aliphatic rings. The molecule has 118 valence electrons. The van der Waals surface area contributed by atoms with Crippen LogP contribution in [0.1, 0.15) is 20.3 Å². The molecule has 0 spiro atoms. The Labute approximate surface area is 124 Å². The molecule has 8 nitrogen and oxygen atoms in total. The first-order valence-electron chi connectivity index (χ1n) is 6.80. The zero-order valence-electron chi connectivity index (χ0n) is 12.5. The number of nitrogens with zero attached hydrogens (tertiary/aromatic N) is 3. The van der Waals surface area contributed by atoms with Gasteiger partial charge < -0.3 is 11.1 Å². The molecule has 0 aromatic carbocycles. The molecule has 1 unspecified atom stereocenters. The lowest BCUT2D eigenvalue weighted by Gasteiger charge is -2.22. The summed E-state index contributed by atoms with van der Waals surface area (Å²) in [5.41, 5.74) is 5.00. The molecule has 0 saturated carbocycles. The molecule has 0 bridgehead atoms. The van der Waals surface area contributed by atoms with Crippen LogP contribution in [0.3, 0.4) is 0 Å². The van der Waals surface area contributed by atoms with Gasteiger partial charge in [0.15, 0.2) is 5.82 Å². The summed E-state index contributed by atoms with van der Waals surface area (Å²) in [5.74, 6) is -0.164. The number of hydrogen-bond acceptors (Lipinski definition) is 5. The predicted molar refractivity (Wildman–Crippen MR) is 77.9 cm³/mol. The van der Waals surface area contributed by atoms with Crippen molar-refractivity contribution in [1.82, 2.24) is 19.4 Å². The zero-order valence-corrected chi connectivity index (χ0v) is 13.3. The number of anilines is 1. The second kappa shape index (κ2) is 5.30. The summed E-state index contributed by atoms with van der Waals surface area (Å²) >= 11 is 0. The van der Waals surface area contributed by atoms with Crippen LogP contribution in [0.5, 0.6) is 0 Å². The van der Waals surface area contributed by atoms with Crippen LogP contribution in [0.4, 0.5) is 5.82 Å². The Morgan fingerprint density at radius 3 is 2.76 bits per heavy atom. The van der Waals surface area contributed by atoms with E-state index < -0.39 is 15.4 Å². The molecule has 1 saturated heterocycles. The number of nitrogens with two attached hydrogens (primary N) is 1. The Morgan fingerprint density at radius 2 is 2.24 bits per heavy atom. The van der Waals surface area contributed by atoms with Gasteiger partial charge in [-0.1, -0.05) is 0 Å². The summed E-state index contributed by atoms with van der Waals surface area (Å²) in [7, 11) is -2.18. The molecule has 3 N–H and O–H groups in total. The van der Waals surface area contributed by atoms with E-state index in [1.54, 1.807) is 14.0 Å². The molecule has 1 atom stereocenters. The number of carbonyl (C=O) groups is 1. The van der Waals surface area contributed by atoms with E-state index in [4.69, 9.17) is 5.73 Å². The van der Waals surface area contributed by atoms with Crippen LogP contribution in [0.25, 0.3) is 0 Å². The van der Waals surface area contributed by atoms with Crippen LogP contribution in [-0.2, 0) is 21.4 Å². The van der Waals surface area contributed by atoms with Crippen molar-refractivity contribution in [2.24, 2.45) is 5.41 Å². The van der Waals surface area contributed by atoms with Gasteiger partial charge in [0.2, 0.25) is 15.9 Å². The quantitative estimate of drug-likeness (QED) is 0.788. The fourth-order valence-electron chi connectivity index (χ4n) is 2.53. The van der Waals surface area contributed by atoms with E-state index in [0.717, 1.165) is 0 Å². The molecule has 1 fully saturated rings. The van der Waals surface area contributed by atoms with E-state index in [-0.39, 0.29) is 23.2 Å². The average molecular weight is 315 g/mol. The second-order valence-electron chi connectivity index (χ2n) is 5.46. The van der Waals surface area contributed by atoms with E-state index in [1.165, 1.54) is 15.2 Å². The lowest BCUT2D eigenvalue weighted by Crippen LogP contribution is -2.40. The van der Waals surface area contributed by atoms with Crippen LogP contribution >= 0.6 is 0 Å². The first-order valence-corrected chi connectivity index (χ1v) is 8.24. The lowest BCUT2D eigenvalue weighted by molar-refractivity contribution is -0.128. The fraction of sp³-hybridized carbons (Fsp3) is 0.667. The molecule has 1 amide bonds. The highest BCUT2D eigenvalue weighted by Crippen LogP contribution is 2.34. The summed E-state index contributed by atoms with van der Waals surface area (Å²) in [4.78, 5) is 11.9. The number of aromatic nitrogens is 2. The number of rotatable bonds is 4. The van der Waals surface area contributed by atoms with E-state index in [9.17, 15) is 13.2 Å². The summed E-state index contributed by atoms with van der Waals surface area (Å²) in [5, 5.41) is 6.55. The molecular formula is C12H21N5O3S. The summed E-state index contributed by atoms with van der Waals surface area (Å²) in [6.07, 6.45) is 1.91. The number of hydrogen-bond donors (Lipinski definition) is 2. The smallest absolute Gasteiger partial charge is 0.248 e. The van der Waals surface area contributed by atoms with Gasteiger partial charge in [0.05, 0.1) is 5.41 Å². The van der Waals surface area contributed by atoms with Crippen molar-refractivity contribution < 1.29 is 13.2 Å². The largest absolute Gasteiger partial charge is 0.381 e. The van der Waals surface area contributed by atoms with Gasteiger partial charge in [-0.25, -0.2) is 8.42 Å². The summed E-state index contributed by atoms with van der Waals surface area (Å²) in [6.45, 7) is 4.59. The Kier molecular flexibility index (Phi) is 3.98. The van der Waals surface area contributed by atoms with Gasteiger partial charge in [-0.15, -0.1) is 0 Å². The second-order valence-corrected chi connectivity index (χ2v) is 7.37. The van der Waals surface area contributed by atoms with Crippen molar-refractivity contribution >= 4 is 21.7 Å². The highest BCUT2D eigenvalue weighted by molar-refractivity contribution is 7.89. The number of aryl methyl sites for hydroxylation is 1. The summed E-state index contributed by atoms with van der Waals surface area (Å²) in [6, 6.07) is 0. The number of carbonyl (C=O) groups excluding carboxylic acids is 1. The topological polar surface area (TPSA) is 110 Å². The first-order chi connectivity index (χ1) is 9.74. The Bertz CT molecular complexity index is 654. The maximum atomic E-state index is 12.6. The lowest BCUT2D eigenvalue weighted by atomic mass is 9.89. The van der Waals surface area contributed by atoms with Gasteiger partial charge in [-0.3, -0.25) is 9.48 Å². The minimum absolute atomic E-state index is 0.00510. The van der Waals surface area contributed by atoms with Crippen molar-refractivity contribution in [3.8, 4) is 0 Å². The van der Waals surface area contributed by atoms with Crippen molar-refractivity contribution in [2.45, 2.75) is 31.7 Å². The van der Waals surface area contributed by atoms with Crippen molar-refractivity contribution in [3.05, 3.63) is 6.20 Å². The molecule has 2 heterocycles. The van der Waals surface area contributed by atoms with Gasteiger partial charge in [0.1, 0.15) is 4.90 Å². The molecule has 1 aromatic rings. The molecule has 9 heteroatoms. The molecule has 1 aromatic heterocycles. The van der Waals surface area contributed by atoms with Gasteiger partial charge in [0, 0.05) is 32.9 Å². The van der Waals surface area contributed by atoms with Crippen molar-refractivity contribution in [2.75, 3.05) is 25.9 Å². The van der Waals surface area contributed by atoms with E-state index in [2.05, 4.69) is 10.4 Å². The number of nitrogen functional groups attached to an aromatic ring is 1. The SMILES string of the molecule is CCn1cc(S(=O)(=O)N2CCC(C)(C(=O)NC)C2)c(N)n1. The minimum Gasteiger partial charge on any atom is -0.381 e. The van der Waals surface area contributed by atoms with Crippen LogP contribution < -0.4 is 11.1 Å². The average Bonchev–Trinajstić information content (AvgIpc) is 3.02.